The summed E-state index contributed by atoms with van der Waals surface area (Å²) in [6.07, 6.45) is 3.50. The van der Waals surface area contributed by atoms with Crippen LogP contribution in [0.2, 0.25) is 0 Å². The first kappa shape index (κ1) is 10.5. The molecule has 0 spiro atoms. The zero-order valence-corrected chi connectivity index (χ0v) is 8.90. The molecule has 0 aromatic rings. The molecule has 0 N–H and O–H groups in total. The average molecular weight is 212 g/mol. The Morgan fingerprint density at radius 3 is 2.60 bits per heavy atom. The molecule has 15 heavy (non-hydrogen) atoms. The van der Waals surface area contributed by atoms with Gasteiger partial charge in [-0.15, -0.1) is 0 Å². The highest BCUT2D eigenvalue weighted by Gasteiger charge is 2.44. The van der Waals surface area contributed by atoms with Gasteiger partial charge in [-0.2, -0.15) is 0 Å². The maximum Gasteiger partial charge on any atom is 0.516 e. The summed E-state index contributed by atoms with van der Waals surface area (Å²) in [5, 5.41) is 0. The normalized spacial score (nSPS) is 32.7. The average Bonchev–Trinajstić information content (AvgIpc) is 2.78. The Bertz CT molecular complexity index is 274. The molecule has 0 unspecified atom stereocenters. The number of carbonyl (C=O) groups is 2. The van der Waals surface area contributed by atoms with Gasteiger partial charge in [0.25, 0.3) is 0 Å². The first-order valence-electron chi connectivity index (χ1n) is 5.59. The van der Waals surface area contributed by atoms with Gasteiger partial charge in [0, 0.05) is 0 Å². The van der Waals surface area contributed by atoms with E-state index in [1.807, 2.05) is 0 Å². The largest absolute Gasteiger partial charge is 0.516 e. The highest BCUT2D eigenvalue weighted by molar-refractivity contribution is 5.83. The summed E-state index contributed by atoms with van der Waals surface area (Å²) in [6, 6.07) is 0. The molecule has 0 saturated heterocycles. The summed E-state index contributed by atoms with van der Waals surface area (Å²) in [4.78, 5) is 22.5. The van der Waals surface area contributed by atoms with Crippen molar-refractivity contribution in [2.45, 2.75) is 32.6 Å². The maximum absolute atomic E-state index is 11.6. The lowest BCUT2D eigenvalue weighted by Gasteiger charge is -2.18. The standard InChI is InChI=1S/C11H16O4/c1-2-14-11(13)15-10(12)9-6-7-3-4-8(9)5-7/h7-9H,2-6H2,1H3/t7-,8+,9-/m0/s1. The van der Waals surface area contributed by atoms with Crippen LogP contribution in [0.3, 0.4) is 0 Å². The predicted octanol–water partition coefficient (Wildman–Crippen LogP) is 2.12. The minimum Gasteiger partial charge on any atom is -0.434 e. The van der Waals surface area contributed by atoms with Crippen molar-refractivity contribution in [3.63, 3.8) is 0 Å². The van der Waals surface area contributed by atoms with Gasteiger partial charge in [-0.05, 0) is 38.0 Å². The van der Waals surface area contributed by atoms with E-state index in [-0.39, 0.29) is 18.5 Å². The second-order valence-electron chi connectivity index (χ2n) is 4.39. The van der Waals surface area contributed by atoms with Gasteiger partial charge in [-0.1, -0.05) is 6.42 Å². The summed E-state index contributed by atoms with van der Waals surface area (Å²) < 4.78 is 9.20. The molecule has 0 heterocycles. The van der Waals surface area contributed by atoms with E-state index in [1.54, 1.807) is 6.92 Å². The Morgan fingerprint density at radius 1 is 1.27 bits per heavy atom. The lowest BCUT2D eigenvalue weighted by molar-refractivity contribution is -0.146. The van der Waals surface area contributed by atoms with E-state index >= 15 is 0 Å². The van der Waals surface area contributed by atoms with E-state index in [9.17, 15) is 9.59 Å². The Labute approximate surface area is 88.9 Å². The Morgan fingerprint density at radius 2 is 2.07 bits per heavy atom. The van der Waals surface area contributed by atoms with Crippen LogP contribution in [0.5, 0.6) is 0 Å². The van der Waals surface area contributed by atoms with Gasteiger partial charge in [0.15, 0.2) is 0 Å². The van der Waals surface area contributed by atoms with E-state index < -0.39 is 6.16 Å². The van der Waals surface area contributed by atoms with Crippen molar-refractivity contribution in [1.29, 1.82) is 0 Å². The van der Waals surface area contributed by atoms with Crippen LogP contribution in [0.15, 0.2) is 0 Å². The molecule has 0 amide bonds. The van der Waals surface area contributed by atoms with E-state index in [4.69, 9.17) is 0 Å². The Kier molecular flexibility index (Phi) is 2.93. The van der Waals surface area contributed by atoms with Gasteiger partial charge in [-0.25, -0.2) is 4.79 Å². The van der Waals surface area contributed by atoms with Crippen LogP contribution in [0.1, 0.15) is 32.6 Å². The lowest BCUT2D eigenvalue weighted by atomic mass is 9.89. The second kappa shape index (κ2) is 4.21. The van der Waals surface area contributed by atoms with Gasteiger partial charge >= 0.3 is 12.1 Å². The van der Waals surface area contributed by atoms with Gasteiger partial charge < -0.3 is 9.47 Å². The van der Waals surface area contributed by atoms with Gasteiger partial charge in [-0.3, -0.25) is 4.79 Å². The highest BCUT2D eigenvalue weighted by Crippen LogP contribution is 2.48. The molecule has 2 fully saturated rings. The quantitative estimate of drug-likeness (QED) is 0.519. The van der Waals surface area contributed by atoms with Crippen molar-refractivity contribution in [1.82, 2.24) is 0 Å². The van der Waals surface area contributed by atoms with Crippen LogP contribution < -0.4 is 0 Å². The molecule has 4 nitrogen and oxygen atoms in total. The van der Waals surface area contributed by atoms with Crippen LogP contribution in [0, 0.1) is 17.8 Å². The molecular formula is C11H16O4. The number of hydrogen-bond donors (Lipinski definition) is 0. The molecule has 2 saturated carbocycles. The number of ether oxygens (including phenoxy) is 2. The Balaban J connectivity index is 1.84. The second-order valence-corrected chi connectivity index (χ2v) is 4.39. The van der Waals surface area contributed by atoms with Gasteiger partial charge in [0.05, 0.1) is 12.5 Å². The van der Waals surface area contributed by atoms with Crippen molar-refractivity contribution >= 4 is 12.1 Å². The number of rotatable bonds is 2. The van der Waals surface area contributed by atoms with E-state index in [0.717, 1.165) is 19.3 Å². The first-order chi connectivity index (χ1) is 7.20. The molecule has 2 aliphatic carbocycles. The maximum atomic E-state index is 11.6. The minimum absolute atomic E-state index is 0.0619. The first-order valence-corrected chi connectivity index (χ1v) is 5.59. The zero-order chi connectivity index (χ0) is 10.8. The van der Waals surface area contributed by atoms with Crippen LogP contribution in [0.4, 0.5) is 4.79 Å². The Hall–Kier alpha value is -1.06. The van der Waals surface area contributed by atoms with Crippen molar-refractivity contribution < 1.29 is 19.1 Å². The van der Waals surface area contributed by atoms with Crippen molar-refractivity contribution in [3.05, 3.63) is 0 Å². The van der Waals surface area contributed by atoms with Crippen molar-refractivity contribution in [2.75, 3.05) is 6.61 Å². The van der Waals surface area contributed by atoms with E-state index in [0.29, 0.717) is 11.8 Å². The topological polar surface area (TPSA) is 52.6 Å². The molecule has 0 aliphatic heterocycles. The van der Waals surface area contributed by atoms with Crippen LogP contribution in [-0.4, -0.2) is 18.7 Å². The molecule has 0 radical (unpaired) electrons. The summed E-state index contributed by atoms with van der Waals surface area (Å²) in [5.74, 6) is 0.667. The van der Waals surface area contributed by atoms with Crippen molar-refractivity contribution in [2.24, 2.45) is 17.8 Å². The molecule has 4 heteroatoms. The summed E-state index contributed by atoms with van der Waals surface area (Å²) in [5.41, 5.74) is 0. The van der Waals surface area contributed by atoms with E-state index in [2.05, 4.69) is 9.47 Å². The monoisotopic (exact) mass is 212 g/mol. The van der Waals surface area contributed by atoms with Crippen LogP contribution in [0.25, 0.3) is 0 Å². The summed E-state index contributed by atoms with van der Waals surface area (Å²) in [6.45, 7) is 1.92. The smallest absolute Gasteiger partial charge is 0.434 e. The molecule has 0 aromatic carbocycles. The van der Waals surface area contributed by atoms with Gasteiger partial charge in [0.1, 0.15) is 0 Å². The SMILES string of the molecule is CCOC(=O)OC(=O)[C@H]1C[C@H]2CC[C@@H]1C2. The van der Waals surface area contributed by atoms with Crippen LogP contribution in [-0.2, 0) is 14.3 Å². The molecular weight excluding hydrogens is 196 g/mol. The number of hydrogen-bond acceptors (Lipinski definition) is 4. The summed E-state index contributed by atoms with van der Waals surface area (Å²) >= 11 is 0. The molecule has 3 atom stereocenters. The molecule has 2 rings (SSSR count). The summed E-state index contributed by atoms with van der Waals surface area (Å²) in [7, 11) is 0. The van der Waals surface area contributed by atoms with Crippen LogP contribution >= 0.6 is 0 Å². The highest BCUT2D eigenvalue weighted by atomic mass is 16.7. The third kappa shape index (κ3) is 2.13. The van der Waals surface area contributed by atoms with Crippen molar-refractivity contribution in [3.8, 4) is 0 Å². The zero-order valence-electron chi connectivity index (χ0n) is 8.90. The number of esters is 1. The fourth-order valence-electron chi connectivity index (χ4n) is 2.84. The third-order valence-corrected chi connectivity index (χ3v) is 3.49. The number of carbonyl (C=O) groups excluding carboxylic acids is 2. The predicted molar refractivity (Wildman–Crippen MR) is 52.1 cm³/mol. The molecule has 2 bridgehead atoms. The van der Waals surface area contributed by atoms with Gasteiger partial charge in [0.2, 0.25) is 0 Å². The fourth-order valence-corrected chi connectivity index (χ4v) is 2.84. The lowest BCUT2D eigenvalue weighted by Crippen LogP contribution is -2.26. The number of fused-ring (bicyclic) bond motifs is 2. The minimum atomic E-state index is -0.856. The molecule has 84 valence electrons. The molecule has 2 aliphatic rings. The fraction of sp³-hybridized carbons (Fsp3) is 0.818. The molecule has 0 aromatic heterocycles. The third-order valence-electron chi connectivity index (χ3n) is 3.49. The van der Waals surface area contributed by atoms with E-state index in [1.165, 1.54) is 6.42 Å².